The number of hydrogen-bond donors (Lipinski definition) is 1. The van der Waals surface area contributed by atoms with Gasteiger partial charge in [-0.1, -0.05) is 15.9 Å². The molecular formula is C12H15BrN2. The Balaban J connectivity index is 2.98. The first-order chi connectivity index (χ1) is 7.00. The highest BCUT2D eigenvalue weighted by Crippen LogP contribution is 2.18. The van der Waals surface area contributed by atoms with Gasteiger partial charge in [0.15, 0.2) is 0 Å². The minimum absolute atomic E-state index is 0.813. The van der Waals surface area contributed by atoms with Gasteiger partial charge in [-0.05, 0) is 50.6 Å². The Kier molecular flexibility index (Phi) is 4.09. The molecule has 2 nitrogen and oxygen atoms in total. The SMILES string of the molecule is CC(=Nc1ccc(Br)cc1)/C(C)=C(/C)N. The number of benzene rings is 1. The Bertz CT molecular complexity index is 398. The van der Waals surface area contributed by atoms with Gasteiger partial charge in [-0.2, -0.15) is 0 Å². The van der Waals surface area contributed by atoms with E-state index in [2.05, 4.69) is 20.9 Å². The van der Waals surface area contributed by atoms with E-state index in [1.807, 2.05) is 45.0 Å². The van der Waals surface area contributed by atoms with Crippen LogP contribution >= 0.6 is 15.9 Å². The molecule has 0 aliphatic carbocycles. The molecule has 0 radical (unpaired) electrons. The highest BCUT2D eigenvalue weighted by Gasteiger charge is 1.98. The molecule has 0 spiro atoms. The lowest BCUT2D eigenvalue weighted by Crippen LogP contribution is -2.02. The molecule has 3 heteroatoms. The van der Waals surface area contributed by atoms with Crippen LogP contribution in [0.15, 0.2) is 45.0 Å². The molecule has 2 N–H and O–H groups in total. The van der Waals surface area contributed by atoms with Crippen molar-refractivity contribution in [3.05, 3.63) is 40.0 Å². The third-order valence-electron chi connectivity index (χ3n) is 2.26. The number of allylic oxidation sites excluding steroid dienone is 2. The second kappa shape index (κ2) is 5.12. The summed E-state index contributed by atoms with van der Waals surface area (Å²) in [5, 5.41) is 0. The summed E-state index contributed by atoms with van der Waals surface area (Å²) < 4.78 is 1.06. The summed E-state index contributed by atoms with van der Waals surface area (Å²) in [6, 6.07) is 7.88. The van der Waals surface area contributed by atoms with Crippen LogP contribution in [0, 0.1) is 0 Å². The van der Waals surface area contributed by atoms with Crippen LogP contribution in [0.4, 0.5) is 5.69 Å². The lowest BCUT2D eigenvalue weighted by atomic mass is 10.1. The maximum Gasteiger partial charge on any atom is 0.0633 e. The van der Waals surface area contributed by atoms with Gasteiger partial charge < -0.3 is 5.73 Å². The van der Waals surface area contributed by atoms with Gasteiger partial charge in [0.05, 0.1) is 5.69 Å². The fourth-order valence-corrected chi connectivity index (χ4v) is 1.34. The molecule has 0 amide bonds. The van der Waals surface area contributed by atoms with Gasteiger partial charge >= 0.3 is 0 Å². The summed E-state index contributed by atoms with van der Waals surface area (Å²) in [5.74, 6) is 0. The van der Waals surface area contributed by atoms with Crippen molar-refractivity contribution in [2.24, 2.45) is 10.7 Å². The average Bonchev–Trinajstić information content (AvgIpc) is 2.20. The molecule has 0 heterocycles. The van der Waals surface area contributed by atoms with Crippen molar-refractivity contribution in [1.29, 1.82) is 0 Å². The van der Waals surface area contributed by atoms with E-state index in [4.69, 9.17) is 5.73 Å². The minimum atomic E-state index is 0.813. The van der Waals surface area contributed by atoms with Crippen LogP contribution in [0.1, 0.15) is 20.8 Å². The lowest BCUT2D eigenvalue weighted by molar-refractivity contribution is 1.25. The Morgan fingerprint density at radius 1 is 1.13 bits per heavy atom. The number of nitrogens with two attached hydrogens (primary N) is 1. The van der Waals surface area contributed by atoms with Crippen LogP contribution in [-0.4, -0.2) is 5.71 Å². The number of hydrogen-bond acceptors (Lipinski definition) is 2. The molecule has 1 aromatic carbocycles. The smallest absolute Gasteiger partial charge is 0.0633 e. The molecule has 1 rings (SSSR count). The quantitative estimate of drug-likeness (QED) is 0.813. The number of nitrogens with zero attached hydrogens (tertiary/aromatic N) is 1. The minimum Gasteiger partial charge on any atom is -0.402 e. The molecular weight excluding hydrogens is 252 g/mol. The molecule has 15 heavy (non-hydrogen) atoms. The molecule has 0 aromatic heterocycles. The van der Waals surface area contributed by atoms with Crippen molar-refractivity contribution in [2.45, 2.75) is 20.8 Å². The van der Waals surface area contributed by atoms with Crippen molar-refractivity contribution in [2.75, 3.05) is 0 Å². The van der Waals surface area contributed by atoms with Gasteiger partial charge in [-0.15, -0.1) is 0 Å². The molecule has 0 unspecified atom stereocenters. The molecule has 0 aliphatic heterocycles. The van der Waals surface area contributed by atoms with E-state index in [9.17, 15) is 0 Å². The number of halogens is 1. The summed E-state index contributed by atoms with van der Waals surface area (Å²) in [6.07, 6.45) is 0. The number of rotatable bonds is 2. The first-order valence-electron chi connectivity index (χ1n) is 4.75. The van der Waals surface area contributed by atoms with E-state index < -0.39 is 0 Å². The molecule has 1 aromatic rings. The van der Waals surface area contributed by atoms with Crippen LogP contribution in [0.25, 0.3) is 0 Å². The van der Waals surface area contributed by atoms with Gasteiger partial charge in [0, 0.05) is 15.9 Å². The van der Waals surface area contributed by atoms with Crippen molar-refractivity contribution >= 4 is 27.3 Å². The second-order valence-corrected chi connectivity index (χ2v) is 4.40. The summed E-state index contributed by atoms with van der Waals surface area (Å²) in [6.45, 7) is 5.83. The summed E-state index contributed by atoms with van der Waals surface area (Å²) >= 11 is 3.39. The van der Waals surface area contributed by atoms with Gasteiger partial charge in [-0.3, -0.25) is 4.99 Å². The molecule has 0 saturated carbocycles. The largest absolute Gasteiger partial charge is 0.402 e. The Labute approximate surface area is 99.0 Å². The Morgan fingerprint density at radius 3 is 2.13 bits per heavy atom. The fourth-order valence-electron chi connectivity index (χ4n) is 1.08. The van der Waals surface area contributed by atoms with Crippen molar-refractivity contribution < 1.29 is 0 Å². The molecule has 0 fully saturated rings. The van der Waals surface area contributed by atoms with Gasteiger partial charge in [0.1, 0.15) is 0 Å². The predicted octanol–water partition coefficient (Wildman–Crippen LogP) is 3.79. The van der Waals surface area contributed by atoms with Gasteiger partial charge in [-0.25, -0.2) is 0 Å². The normalized spacial score (nSPS) is 13.7. The van der Waals surface area contributed by atoms with Crippen molar-refractivity contribution in [3.63, 3.8) is 0 Å². The highest BCUT2D eigenvalue weighted by molar-refractivity contribution is 9.10. The topological polar surface area (TPSA) is 38.4 Å². The zero-order valence-corrected chi connectivity index (χ0v) is 10.8. The van der Waals surface area contributed by atoms with E-state index in [0.717, 1.165) is 27.1 Å². The van der Waals surface area contributed by atoms with Crippen LogP contribution in [-0.2, 0) is 0 Å². The van der Waals surface area contributed by atoms with Crippen molar-refractivity contribution in [3.8, 4) is 0 Å². The molecule has 0 aliphatic rings. The molecule has 80 valence electrons. The summed E-state index contributed by atoms with van der Waals surface area (Å²) in [7, 11) is 0. The Morgan fingerprint density at radius 2 is 1.67 bits per heavy atom. The van der Waals surface area contributed by atoms with Crippen molar-refractivity contribution in [1.82, 2.24) is 0 Å². The van der Waals surface area contributed by atoms with E-state index in [-0.39, 0.29) is 0 Å². The molecule has 0 atom stereocenters. The molecule has 0 bridgehead atoms. The lowest BCUT2D eigenvalue weighted by Gasteiger charge is -2.03. The predicted molar refractivity (Wildman–Crippen MR) is 69.5 cm³/mol. The standard InChI is InChI=1S/C12H15BrN2/c1-8(9(2)14)10(3)15-12-6-4-11(13)5-7-12/h4-7H,14H2,1-3H3/b9-8-,15-10?. The average molecular weight is 267 g/mol. The Hall–Kier alpha value is -1.09. The monoisotopic (exact) mass is 266 g/mol. The van der Waals surface area contributed by atoms with E-state index >= 15 is 0 Å². The zero-order chi connectivity index (χ0) is 11.4. The summed E-state index contributed by atoms with van der Waals surface area (Å²) in [5.41, 5.74) is 9.46. The third-order valence-corrected chi connectivity index (χ3v) is 2.79. The maximum absolute atomic E-state index is 5.71. The summed E-state index contributed by atoms with van der Waals surface area (Å²) in [4.78, 5) is 4.48. The van der Waals surface area contributed by atoms with E-state index in [1.54, 1.807) is 0 Å². The second-order valence-electron chi connectivity index (χ2n) is 3.48. The fraction of sp³-hybridized carbons (Fsp3) is 0.250. The molecule has 0 saturated heterocycles. The van der Waals surface area contributed by atoms with Crippen LogP contribution < -0.4 is 5.73 Å². The van der Waals surface area contributed by atoms with Gasteiger partial charge in [0.25, 0.3) is 0 Å². The van der Waals surface area contributed by atoms with Gasteiger partial charge in [0.2, 0.25) is 0 Å². The third kappa shape index (κ3) is 3.51. The zero-order valence-electron chi connectivity index (χ0n) is 9.21. The van der Waals surface area contributed by atoms with Crippen LogP contribution in [0.3, 0.4) is 0 Å². The van der Waals surface area contributed by atoms with E-state index in [1.165, 1.54) is 0 Å². The maximum atomic E-state index is 5.71. The number of aliphatic imine (C=N–C) groups is 1. The first-order valence-corrected chi connectivity index (χ1v) is 5.54. The van der Waals surface area contributed by atoms with Crippen LogP contribution in [0.2, 0.25) is 0 Å². The highest BCUT2D eigenvalue weighted by atomic mass is 79.9. The van der Waals surface area contributed by atoms with Crippen LogP contribution in [0.5, 0.6) is 0 Å². The van der Waals surface area contributed by atoms with E-state index in [0.29, 0.717) is 0 Å². The first kappa shape index (κ1) is 12.0.